The van der Waals surface area contributed by atoms with Crippen molar-refractivity contribution >= 4 is 17.6 Å². The Kier molecular flexibility index (Phi) is 3.22. The Bertz CT molecular complexity index is 671. The van der Waals surface area contributed by atoms with Crippen molar-refractivity contribution in [1.82, 2.24) is 9.55 Å². The molecule has 1 aliphatic rings. The average Bonchev–Trinajstić information content (AvgIpc) is 3.07. The van der Waals surface area contributed by atoms with Gasteiger partial charge >= 0.3 is 5.97 Å². The second kappa shape index (κ2) is 4.90. The maximum Gasteiger partial charge on any atom is 0.307 e. The van der Waals surface area contributed by atoms with Crippen LogP contribution in [-0.4, -0.2) is 20.6 Å². The molecule has 1 heterocycles. The summed E-state index contributed by atoms with van der Waals surface area (Å²) in [6.45, 7) is 0.476. The van der Waals surface area contributed by atoms with E-state index in [1.807, 2.05) is 12.1 Å². The first kappa shape index (κ1) is 13.1. The molecule has 2 aromatic rings. The highest BCUT2D eigenvalue weighted by Crippen LogP contribution is 2.49. The summed E-state index contributed by atoms with van der Waals surface area (Å²) in [7, 11) is 0. The molecule has 20 heavy (non-hydrogen) atoms. The van der Waals surface area contributed by atoms with Crippen LogP contribution in [0.3, 0.4) is 0 Å². The first-order valence-corrected chi connectivity index (χ1v) is 6.61. The second-order valence-corrected chi connectivity index (χ2v) is 5.42. The summed E-state index contributed by atoms with van der Waals surface area (Å²) < 4.78 is 14.4. The third-order valence-electron chi connectivity index (χ3n) is 3.54. The van der Waals surface area contributed by atoms with Crippen molar-refractivity contribution in [3.63, 3.8) is 0 Å². The van der Waals surface area contributed by atoms with Crippen LogP contribution in [0, 0.1) is 11.9 Å². The van der Waals surface area contributed by atoms with E-state index in [-0.39, 0.29) is 11.8 Å². The minimum atomic E-state index is -0.774. The molecule has 1 aromatic carbocycles. The van der Waals surface area contributed by atoms with Gasteiger partial charge in [-0.15, -0.1) is 0 Å². The number of hydrogen-bond donors (Lipinski definition) is 1. The Morgan fingerprint density at radius 2 is 2.35 bits per heavy atom. The molecule has 0 spiro atoms. The maximum atomic E-state index is 12.8. The van der Waals surface area contributed by atoms with Gasteiger partial charge in [-0.05, 0) is 29.5 Å². The lowest BCUT2D eigenvalue weighted by atomic mass is 10.1. The molecule has 6 heteroatoms. The van der Waals surface area contributed by atoms with Crippen LogP contribution in [0.1, 0.15) is 23.5 Å². The van der Waals surface area contributed by atoms with Crippen LogP contribution in [0.2, 0.25) is 5.02 Å². The Hall–Kier alpha value is -1.88. The third-order valence-corrected chi connectivity index (χ3v) is 3.87. The number of aliphatic carboxylic acids is 1. The lowest BCUT2D eigenvalue weighted by Gasteiger charge is -2.07. The summed E-state index contributed by atoms with van der Waals surface area (Å²) in [6.07, 6.45) is 3.36. The fourth-order valence-electron chi connectivity index (χ4n) is 2.41. The SMILES string of the molecule is O=C(O)[C@@H]1C[C@H]1c1ccc(Cn2cnc(F)c2)cc1Cl. The van der Waals surface area contributed by atoms with Gasteiger partial charge in [0.2, 0.25) is 5.95 Å². The molecule has 104 valence electrons. The van der Waals surface area contributed by atoms with Crippen LogP contribution < -0.4 is 0 Å². The Labute approximate surface area is 119 Å². The number of carboxylic acid groups (broad SMARTS) is 1. The molecular formula is C14H12ClFN2O2. The van der Waals surface area contributed by atoms with Gasteiger partial charge in [0.25, 0.3) is 0 Å². The van der Waals surface area contributed by atoms with Crippen molar-refractivity contribution in [2.75, 3.05) is 0 Å². The zero-order valence-corrected chi connectivity index (χ0v) is 11.2. The van der Waals surface area contributed by atoms with Crippen molar-refractivity contribution in [2.24, 2.45) is 5.92 Å². The minimum absolute atomic E-state index is 0.0136. The molecule has 0 saturated heterocycles. The lowest BCUT2D eigenvalue weighted by molar-refractivity contribution is -0.138. The summed E-state index contributed by atoms with van der Waals surface area (Å²) >= 11 is 6.21. The Morgan fingerprint density at radius 1 is 1.55 bits per heavy atom. The molecule has 1 N–H and O–H groups in total. The lowest BCUT2D eigenvalue weighted by Crippen LogP contribution is -2.00. The van der Waals surface area contributed by atoms with E-state index in [0.29, 0.717) is 18.0 Å². The van der Waals surface area contributed by atoms with Crippen LogP contribution in [0.5, 0.6) is 0 Å². The van der Waals surface area contributed by atoms with Crippen molar-refractivity contribution in [1.29, 1.82) is 0 Å². The van der Waals surface area contributed by atoms with Crippen molar-refractivity contribution < 1.29 is 14.3 Å². The van der Waals surface area contributed by atoms with Gasteiger partial charge in [-0.25, -0.2) is 4.98 Å². The van der Waals surface area contributed by atoms with E-state index in [2.05, 4.69) is 4.98 Å². The summed E-state index contributed by atoms with van der Waals surface area (Å²) in [5.41, 5.74) is 1.79. The van der Waals surface area contributed by atoms with Gasteiger partial charge in [0.1, 0.15) is 0 Å². The molecule has 4 nitrogen and oxygen atoms in total. The van der Waals surface area contributed by atoms with Crippen LogP contribution in [0.25, 0.3) is 0 Å². The molecule has 0 amide bonds. The van der Waals surface area contributed by atoms with Gasteiger partial charge < -0.3 is 9.67 Å². The largest absolute Gasteiger partial charge is 0.481 e. The van der Waals surface area contributed by atoms with Gasteiger partial charge in [0.05, 0.1) is 18.4 Å². The van der Waals surface area contributed by atoms with Gasteiger partial charge in [-0.2, -0.15) is 4.39 Å². The fourth-order valence-corrected chi connectivity index (χ4v) is 2.75. The van der Waals surface area contributed by atoms with Gasteiger partial charge in [-0.1, -0.05) is 23.7 Å². The number of benzene rings is 1. The molecule has 1 saturated carbocycles. The Morgan fingerprint density at radius 3 is 2.90 bits per heavy atom. The number of imidazole rings is 1. The number of carbonyl (C=O) groups is 1. The summed E-state index contributed by atoms with van der Waals surface area (Å²) in [6, 6.07) is 5.54. The summed E-state index contributed by atoms with van der Waals surface area (Å²) in [5, 5.41) is 9.51. The normalized spacial score (nSPS) is 20.9. The number of nitrogens with zero attached hydrogens (tertiary/aromatic N) is 2. The van der Waals surface area contributed by atoms with Gasteiger partial charge in [0.15, 0.2) is 0 Å². The zero-order valence-electron chi connectivity index (χ0n) is 10.5. The summed E-state index contributed by atoms with van der Waals surface area (Å²) in [5.74, 6) is -1.60. The molecule has 0 bridgehead atoms. The van der Waals surface area contributed by atoms with Crippen molar-refractivity contribution in [3.05, 3.63) is 52.8 Å². The molecule has 1 fully saturated rings. The first-order valence-electron chi connectivity index (χ1n) is 6.23. The minimum Gasteiger partial charge on any atom is -0.481 e. The van der Waals surface area contributed by atoms with Gasteiger partial charge in [-0.3, -0.25) is 4.79 Å². The molecule has 2 atom stereocenters. The van der Waals surface area contributed by atoms with Crippen LogP contribution >= 0.6 is 11.6 Å². The number of carboxylic acids is 1. The highest BCUT2D eigenvalue weighted by atomic mass is 35.5. The average molecular weight is 295 g/mol. The van der Waals surface area contributed by atoms with E-state index in [0.717, 1.165) is 11.1 Å². The molecule has 0 aliphatic heterocycles. The zero-order chi connectivity index (χ0) is 14.3. The topological polar surface area (TPSA) is 55.1 Å². The van der Waals surface area contributed by atoms with E-state index < -0.39 is 11.9 Å². The Balaban J connectivity index is 1.76. The predicted octanol–water partition coefficient (Wildman–Crippen LogP) is 2.91. The van der Waals surface area contributed by atoms with E-state index in [1.54, 1.807) is 10.6 Å². The smallest absolute Gasteiger partial charge is 0.307 e. The van der Waals surface area contributed by atoms with E-state index in [4.69, 9.17) is 16.7 Å². The monoisotopic (exact) mass is 294 g/mol. The molecule has 1 aliphatic carbocycles. The quantitative estimate of drug-likeness (QED) is 0.943. The number of rotatable bonds is 4. The number of aromatic nitrogens is 2. The maximum absolute atomic E-state index is 12.8. The van der Waals surface area contributed by atoms with E-state index >= 15 is 0 Å². The fraction of sp³-hybridized carbons (Fsp3) is 0.286. The van der Waals surface area contributed by atoms with Crippen LogP contribution in [0.15, 0.2) is 30.7 Å². The molecule has 0 radical (unpaired) electrons. The molecule has 1 aromatic heterocycles. The highest BCUT2D eigenvalue weighted by Gasteiger charge is 2.45. The molecule has 3 rings (SSSR count). The molecular weight excluding hydrogens is 283 g/mol. The third kappa shape index (κ3) is 2.54. The van der Waals surface area contributed by atoms with Crippen LogP contribution in [0.4, 0.5) is 4.39 Å². The first-order chi connectivity index (χ1) is 9.54. The predicted molar refractivity (Wildman–Crippen MR) is 71.2 cm³/mol. The van der Waals surface area contributed by atoms with Crippen molar-refractivity contribution in [3.8, 4) is 0 Å². The van der Waals surface area contributed by atoms with E-state index in [9.17, 15) is 9.18 Å². The number of halogens is 2. The van der Waals surface area contributed by atoms with E-state index in [1.165, 1.54) is 12.5 Å². The van der Waals surface area contributed by atoms with Crippen molar-refractivity contribution in [2.45, 2.75) is 18.9 Å². The van der Waals surface area contributed by atoms with Crippen LogP contribution in [-0.2, 0) is 11.3 Å². The molecule has 0 unspecified atom stereocenters. The highest BCUT2D eigenvalue weighted by molar-refractivity contribution is 6.31. The number of hydrogen-bond acceptors (Lipinski definition) is 2. The standard InChI is InChI=1S/C14H12ClFN2O2/c15-12-3-8(5-18-6-13(16)17-7-18)1-2-9(12)10-4-11(10)14(19)20/h1-3,6-7,10-11H,4-5H2,(H,19,20)/t10-,11+/m0/s1. The second-order valence-electron chi connectivity index (χ2n) is 5.01. The summed E-state index contributed by atoms with van der Waals surface area (Å²) in [4.78, 5) is 14.4. The van der Waals surface area contributed by atoms with Gasteiger partial charge in [0, 0.05) is 11.6 Å².